The number of aliphatic hydroxyl groups excluding tert-OH is 2. The summed E-state index contributed by atoms with van der Waals surface area (Å²) in [6.07, 6.45) is -0.157. The predicted molar refractivity (Wildman–Crippen MR) is 141 cm³/mol. The fraction of sp³-hybridized carbons (Fsp3) is 0.393. The van der Waals surface area contributed by atoms with Gasteiger partial charge in [-0.1, -0.05) is 36.4 Å². The van der Waals surface area contributed by atoms with Gasteiger partial charge >= 0.3 is 0 Å². The van der Waals surface area contributed by atoms with Gasteiger partial charge in [0.2, 0.25) is 11.9 Å². The number of nitrogens with zero attached hydrogens (tertiary/aromatic N) is 2. The van der Waals surface area contributed by atoms with E-state index in [2.05, 4.69) is 25.9 Å². The highest BCUT2D eigenvalue weighted by molar-refractivity contribution is 5.98. The maximum atomic E-state index is 13.2. The average molecular weight is 540 g/mol. The van der Waals surface area contributed by atoms with Gasteiger partial charge in [-0.15, -0.1) is 0 Å². The van der Waals surface area contributed by atoms with E-state index >= 15 is 0 Å². The summed E-state index contributed by atoms with van der Waals surface area (Å²) in [5.74, 6) is -3.10. The molecule has 2 heterocycles. The summed E-state index contributed by atoms with van der Waals surface area (Å²) in [7, 11) is 0. The number of hydrogen-bond donors (Lipinski definition) is 5. The van der Waals surface area contributed by atoms with E-state index in [-0.39, 0.29) is 49.2 Å². The molecule has 9 nitrogen and oxygen atoms in total. The topological polar surface area (TPSA) is 129 Å². The minimum atomic E-state index is -2.67. The zero-order valence-electron chi connectivity index (χ0n) is 21.6. The molecule has 1 aliphatic heterocycles. The van der Waals surface area contributed by atoms with E-state index in [4.69, 9.17) is 4.74 Å². The number of amides is 1. The van der Waals surface area contributed by atoms with Crippen molar-refractivity contribution >= 4 is 23.4 Å². The van der Waals surface area contributed by atoms with Gasteiger partial charge in [-0.25, -0.2) is 13.8 Å². The molecule has 2 atom stereocenters. The smallest absolute Gasteiger partial charge is 0.256 e. The Hall–Kier alpha value is -3.67. The van der Waals surface area contributed by atoms with E-state index in [1.54, 1.807) is 12.1 Å². The van der Waals surface area contributed by atoms with Gasteiger partial charge in [0.15, 0.2) is 6.29 Å². The van der Waals surface area contributed by atoms with Gasteiger partial charge in [-0.2, -0.15) is 4.98 Å². The van der Waals surface area contributed by atoms with Crippen LogP contribution < -0.4 is 16.0 Å². The summed E-state index contributed by atoms with van der Waals surface area (Å²) in [6.45, 7) is 3.58. The van der Waals surface area contributed by atoms with Gasteiger partial charge < -0.3 is 30.9 Å². The van der Waals surface area contributed by atoms with E-state index in [1.807, 2.05) is 50.2 Å². The molecule has 0 spiro atoms. The summed E-state index contributed by atoms with van der Waals surface area (Å²) < 4.78 is 32.0. The lowest BCUT2D eigenvalue weighted by atomic mass is 9.81. The van der Waals surface area contributed by atoms with Gasteiger partial charge in [-0.3, -0.25) is 4.79 Å². The van der Waals surface area contributed by atoms with Crippen LogP contribution in [0.25, 0.3) is 0 Å². The van der Waals surface area contributed by atoms with Gasteiger partial charge in [0.25, 0.3) is 5.91 Å². The lowest BCUT2D eigenvalue weighted by Gasteiger charge is -2.34. The first-order chi connectivity index (χ1) is 18.5. The van der Waals surface area contributed by atoms with Gasteiger partial charge in [0.05, 0.1) is 18.2 Å². The first-order valence-electron chi connectivity index (χ1n) is 12.8. The predicted octanol–water partition coefficient (Wildman–Crippen LogP) is 4.40. The number of fused-ring (bicyclic) bond motifs is 1. The van der Waals surface area contributed by atoms with E-state index in [0.717, 1.165) is 11.1 Å². The van der Waals surface area contributed by atoms with Crippen molar-refractivity contribution in [3.05, 3.63) is 77.0 Å². The van der Waals surface area contributed by atoms with Crippen LogP contribution in [0.5, 0.6) is 0 Å². The Kier molecular flexibility index (Phi) is 7.23. The van der Waals surface area contributed by atoms with Crippen molar-refractivity contribution in [2.75, 3.05) is 23.8 Å². The second-order valence-electron chi connectivity index (χ2n) is 10.5. The number of aliphatic hydroxyl groups is 2. The monoisotopic (exact) mass is 539 g/mol. The molecule has 1 amide bonds. The lowest BCUT2D eigenvalue weighted by Crippen LogP contribution is -2.42. The zero-order chi connectivity index (χ0) is 27.8. The molecular formula is C28H31F2N5O4. The minimum absolute atomic E-state index is 0.118. The number of rotatable bonds is 9. The summed E-state index contributed by atoms with van der Waals surface area (Å²) in [4.78, 5) is 21.9. The number of anilines is 3. The number of ether oxygens (including phenoxy) is 1. The van der Waals surface area contributed by atoms with Crippen LogP contribution in [0.3, 0.4) is 0 Å². The molecule has 0 bridgehead atoms. The minimum Gasteiger partial charge on any atom is -0.394 e. The molecule has 5 N–H and O–H groups in total. The van der Waals surface area contributed by atoms with E-state index in [1.165, 1.54) is 6.20 Å². The summed E-state index contributed by atoms with van der Waals surface area (Å²) in [5.41, 5.74) is 2.37. The highest BCUT2D eigenvalue weighted by Crippen LogP contribution is 2.43. The van der Waals surface area contributed by atoms with Crippen LogP contribution in [0.2, 0.25) is 0 Å². The number of carbonyl (C=O) groups excluding carboxylic acids is 1. The molecule has 2 aromatic carbocycles. The molecule has 206 valence electrons. The first-order valence-corrected chi connectivity index (χ1v) is 12.8. The van der Waals surface area contributed by atoms with Crippen LogP contribution in [0, 0.1) is 5.92 Å². The second kappa shape index (κ2) is 10.5. The Balaban J connectivity index is 1.40. The van der Waals surface area contributed by atoms with Crippen molar-refractivity contribution in [3.8, 4) is 0 Å². The zero-order valence-corrected chi connectivity index (χ0v) is 21.6. The summed E-state index contributed by atoms with van der Waals surface area (Å²) in [5, 5.41) is 29.2. The van der Waals surface area contributed by atoms with Crippen LogP contribution in [0.1, 0.15) is 66.1 Å². The molecule has 1 fully saturated rings. The number of alkyl halides is 2. The SMILES string of the molecule is CC1(C)OC(O)c2ccc(Nc3ncc(C(=O)NCC4CC(F)(F)C4)c(N[C@H](CO)c4ccccc4)n3)cc21. The number of nitrogens with one attached hydrogen (secondary N) is 3. The number of benzene rings is 2. The molecule has 2 aliphatic rings. The Labute approximate surface area is 224 Å². The molecule has 1 aromatic heterocycles. The van der Waals surface area contributed by atoms with Crippen molar-refractivity contribution in [3.63, 3.8) is 0 Å². The normalized spacial score (nSPS) is 20.0. The van der Waals surface area contributed by atoms with E-state index in [9.17, 15) is 23.8 Å². The second-order valence-corrected chi connectivity index (χ2v) is 10.5. The van der Waals surface area contributed by atoms with E-state index < -0.39 is 29.8 Å². The molecule has 1 aliphatic carbocycles. The molecule has 39 heavy (non-hydrogen) atoms. The molecule has 0 saturated heterocycles. The molecule has 1 unspecified atom stereocenters. The average Bonchev–Trinajstić information content (AvgIpc) is 3.12. The molecular weight excluding hydrogens is 508 g/mol. The Morgan fingerprint density at radius 2 is 1.92 bits per heavy atom. The number of halogens is 2. The Morgan fingerprint density at radius 3 is 2.62 bits per heavy atom. The highest BCUT2D eigenvalue weighted by atomic mass is 19.3. The number of carbonyl (C=O) groups is 1. The van der Waals surface area contributed by atoms with Crippen LogP contribution in [0.15, 0.2) is 54.7 Å². The Morgan fingerprint density at radius 1 is 1.18 bits per heavy atom. The van der Waals surface area contributed by atoms with Gasteiger partial charge in [0.1, 0.15) is 11.4 Å². The third kappa shape index (κ3) is 5.85. The molecule has 0 radical (unpaired) electrons. The third-order valence-corrected chi connectivity index (χ3v) is 7.09. The molecule has 3 aromatic rings. The van der Waals surface area contributed by atoms with Gasteiger partial charge in [0, 0.05) is 36.8 Å². The molecule has 5 rings (SSSR count). The maximum Gasteiger partial charge on any atom is 0.256 e. The highest BCUT2D eigenvalue weighted by Gasteiger charge is 2.45. The van der Waals surface area contributed by atoms with E-state index in [0.29, 0.717) is 11.3 Å². The van der Waals surface area contributed by atoms with Crippen LogP contribution >= 0.6 is 0 Å². The first kappa shape index (κ1) is 26.9. The summed E-state index contributed by atoms with van der Waals surface area (Å²) in [6, 6.07) is 14.0. The standard InChI is InChI=1S/C28H31F2N5O4/c1-27(2)21-10-18(8-9-19(21)25(38)39-27)33-26-32-14-20(24(37)31-13-16-11-28(29,30)12-16)23(35-26)34-22(15-36)17-6-4-3-5-7-17/h3-10,14,16,22,25,36,38H,11-13,15H2,1-2H3,(H,31,37)(H2,32,33,34,35)/t22-,25?/m1/s1. The van der Waals surface area contributed by atoms with Crippen molar-refractivity contribution in [1.82, 2.24) is 15.3 Å². The van der Waals surface area contributed by atoms with Crippen LogP contribution in [-0.4, -0.2) is 45.2 Å². The third-order valence-electron chi connectivity index (χ3n) is 7.09. The van der Waals surface area contributed by atoms with Crippen molar-refractivity contribution in [2.45, 2.75) is 50.5 Å². The fourth-order valence-electron chi connectivity index (χ4n) is 4.97. The quantitative estimate of drug-likeness (QED) is 0.271. The fourth-order valence-corrected chi connectivity index (χ4v) is 4.97. The molecule has 1 saturated carbocycles. The largest absolute Gasteiger partial charge is 0.394 e. The lowest BCUT2D eigenvalue weighted by molar-refractivity contribution is -0.157. The number of hydrogen-bond acceptors (Lipinski definition) is 8. The molecule has 11 heteroatoms. The van der Waals surface area contributed by atoms with Crippen LogP contribution in [0.4, 0.5) is 26.2 Å². The van der Waals surface area contributed by atoms with Crippen LogP contribution in [-0.2, 0) is 10.3 Å². The van der Waals surface area contributed by atoms with Crippen molar-refractivity contribution in [1.29, 1.82) is 0 Å². The Bertz CT molecular complexity index is 1350. The summed E-state index contributed by atoms with van der Waals surface area (Å²) >= 11 is 0. The van der Waals surface area contributed by atoms with Crippen molar-refractivity contribution < 1.29 is 28.5 Å². The van der Waals surface area contributed by atoms with Crippen molar-refractivity contribution in [2.24, 2.45) is 5.92 Å². The number of aromatic nitrogens is 2. The maximum absolute atomic E-state index is 13.2. The van der Waals surface area contributed by atoms with Gasteiger partial charge in [-0.05, 0) is 43.0 Å².